The number of carboxylic acids is 2. The number of carbonyl (C=O) groups excluding carboxylic acids is 2. The van der Waals surface area contributed by atoms with Crippen LogP contribution in [-0.2, 0) is 14.4 Å². The maximum Gasteiger partial charge on any atom is 0.490 e. The molecule has 0 spiro atoms. The summed E-state index contributed by atoms with van der Waals surface area (Å²) in [5.74, 6) is -6.44. The molecule has 0 bridgehead atoms. The third kappa shape index (κ3) is 5.45. The number of thioether (sulfide) groups is 1. The topological polar surface area (TPSA) is 138 Å². The van der Waals surface area contributed by atoms with Crippen molar-refractivity contribution >= 4 is 41.1 Å². The summed E-state index contributed by atoms with van der Waals surface area (Å²) in [5, 5.41) is 16.3. The number of hydrogen-bond acceptors (Lipinski definition) is 6. The molecule has 0 aromatic heterocycles. The number of hydrogen-bond donors (Lipinski definition) is 3. The van der Waals surface area contributed by atoms with Crippen molar-refractivity contribution in [2.24, 2.45) is 11.7 Å². The highest BCUT2D eigenvalue weighted by atomic mass is 32.2. The smallest absolute Gasteiger partial charge is 0.480 e. The Morgan fingerprint density at radius 1 is 1.25 bits per heavy atom. The molecule has 0 fully saturated rings. The van der Waals surface area contributed by atoms with Gasteiger partial charge in [-0.1, -0.05) is 0 Å². The number of carbonyl (C=O) groups is 4. The summed E-state index contributed by atoms with van der Waals surface area (Å²) in [7, 11) is 0. The number of Topliss-reactive ketones (excluding diaryl/α,β-unsaturated/α-hetero) is 1. The number of benzene rings is 1. The molecule has 1 aliphatic heterocycles. The number of fused-ring (bicyclic) bond motifs is 1. The van der Waals surface area contributed by atoms with Gasteiger partial charge in [0, 0.05) is 29.3 Å². The van der Waals surface area contributed by atoms with Gasteiger partial charge in [0.1, 0.15) is 0 Å². The first-order valence-corrected chi connectivity index (χ1v) is 8.79. The normalized spacial score (nSPS) is 16.2. The standard InChI is InChI=1S/C14H16N2O4S.C2HF3O2/c1-2-16-10-4-3-8(21-6-5-15)7-9(10)12(17)11(13(16)18)14(19)20;3-2(4,5)1(6)7/h3-4,7,11H,2,5-6,15H2,1H3,(H,19,20);(H,6,7). The van der Waals surface area contributed by atoms with Crippen LogP contribution in [0.4, 0.5) is 18.9 Å². The number of rotatable bonds is 5. The Labute approximate surface area is 161 Å². The fourth-order valence-corrected chi connectivity index (χ4v) is 3.02. The van der Waals surface area contributed by atoms with Gasteiger partial charge in [0.2, 0.25) is 5.91 Å². The fourth-order valence-electron chi connectivity index (χ4n) is 2.30. The predicted molar refractivity (Wildman–Crippen MR) is 93.4 cm³/mol. The molecule has 0 aliphatic carbocycles. The number of carboxylic acid groups (broad SMARTS) is 2. The van der Waals surface area contributed by atoms with Crippen LogP contribution in [0.5, 0.6) is 0 Å². The van der Waals surface area contributed by atoms with E-state index >= 15 is 0 Å². The molecule has 1 aromatic rings. The van der Waals surface area contributed by atoms with E-state index in [1.54, 1.807) is 19.1 Å². The molecule has 0 radical (unpaired) electrons. The van der Waals surface area contributed by atoms with Gasteiger partial charge in [-0.3, -0.25) is 14.4 Å². The molecular weight excluding hydrogens is 405 g/mol. The van der Waals surface area contributed by atoms with Gasteiger partial charge < -0.3 is 20.8 Å². The van der Waals surface area contributed by atoms with Crippen molar-refractivity contribution in [2.75, 3.05) is 23.7 Å². The van der Waals surface area contributed by atoms with E-state index in [-0.39, 0.29) is 5.56 Å². The van der Waals surface area contributed by atoms with Gasteiger partial charge in [-0.15, -0.1) is 11.8 Å². The predicted octanol–water partition coefficient (Wildman–Crippen LogP) is 1.62. The Hall–Kier alpha value is -2.60. The maximum atomic E-state index is 12.3. The highest BCUT2D eigenvalue weighted by Gasteiger charge is 2.43. The van der Waals surface area contributed by atoms with Crippen LogP contribution in [-0.4, -0.2) is 58.9 Å². The second kappa shape index (κ2) is 9.55. The van der Waals surface area contributed by atoms with E-state index in [1.165, 1.54) is 16.7 Å². The maximum absolute atomic E-state index is 12.3. The molecule has 0 saturated heterocycles. The highest BCUT2D eigenvalue weighted by molar-refractivity contribution is 7.99. The second-order valence-corrected chi connectivity index (χ2v) is 6.51. The summed E-state index contributed by atoms with van der Waals surface area (Å²) < 4.78 is 31.7. The number of halogens is 3. The molecular formula is C16H17F3N2O6S. The van der Waals surface area contributed by atoms with E-state index < -0.39 is 35.7 Å². The number of ketones is 1. The van der Waals surface area contributed by atoms with E-state index in [0.717, 1.165) is 4.90 Å². The fraction of sp³-hybridized carbons (Fsp3) is 0.375. The molecule has 12 heteroatoms. The number of nitrogens with two attached hydrogens (primary N) is 1. The zero-order valence-electron chi connectivity index (χ0n) is 14.5. The molecule has 1 amide bonds. The van der Waals surface area contributed by atoms with Crippen molar-refractivity contribution in [3.8, 4) is 0 Å². The number of nitrogens with zero attached hydrogens (tertiary/aromatic N) is 1. The van der Waals surface area contributed by atoms with Crippen LogP contribution in [0.2, 0.25) is 0 Å². The first-order valence-electron chi connectivity index (χ1n) is 7.81. The van der Waals surface area contributed by atoms with Gasteiger partial charge in [-0.05, 0) is 25.1 Å². The van der Waals surface area contributed by atoms with E-state index in [4.69, 9.17) is 20.7 Å². The van der Waals surface area contributed by atoms with Crippen LogP contribution in [0, 0.1) is 5.92 Å². The van der Waals surface area contributed by atoms with Crippen LogP contribution < -0.4 is 10.6 Å². The van der Waals surface area contributed by atoms with Crippen molar-refractivity contribution in [1.82, 2.24) is 0 Å². The minimum Gasteiger partial charge on any atom is -0.480 e. The van der Waals surface area contributed by atoms with Crippen LogP contribution in [0.3, 0.4) is 0 Å². The Bertz CT molecular complexity index is 784. The van der Waals surface area contributed by atoms with E-state index in [9.17, 15) is 27.6 Å². The highest BCUT2D eigenvalue weighted by Crippen LogP contribution is 2.33. The summed E-state index contributed by atoms with van der Waals surface area (Å²) in [4.78, 5) is 46.7. The lowest BCUT2D eigenvalue weighted by atomic mass is 9.90. The first kappa shape index (κ1) is 23.4. The van der Waals surface area contributed by atoms with Crippen LogP contribution >= 0.6 is 11.8 Å². The Balaban J connectivity index is 0.000000480. The minimum absolute atomic E-state index is 0.283. The van der Waals surface area contributed by atoms with Gasteiger partial charge in [0.15, 0.2) is 11.7 Å². The molecule has 0 saturated carbocycles. The number of anilines is 1. The van der Waals surface area contributed by atoms with Crippen molar-refractivity contribution in [3.63, 3.8) is 0 Å². The molecule has 28 heavy (non-hydrogen) atoms. The summed E-state index contributed by atoms with van der Waals surface area (Å²) in [5.41, 5.74) is 6.20. The lowest BCUT2D eigenvalue weighted by Gasteiger charge is -2.31. The van der Waals surface area contributed by atoms with Gasteiger partial charge in [0.05, 0.1) is 5.69 Å². The summed E-state index contributed by atoms with van der Waals surface area (Å²) in [6, 6.07) is 5.14. The molecule has 1 heterocycles. The van der Waals surface area contributed by atoms with Crippen LogP contribution in [0.1, 0.15) is 17.3 Å². The quantitative estimate of drug-likeness (QED) is 0.481. The average Bonchev–Trinajstić information content (AvgIpc) is 2.60. The molecule has 1 atom stereocenters. The molecule has 154 valence electrons. The Morgan fingerprint density at radius 2 is 1.82 bits per heavy atom. The van der Waals surface area contributed by atoms with Crippen molar-refractivity contribution in [2.45, 2.75) is 18.0 Å². The second-order valence-electron chi connectivity index (χ2n) is 5.34. The summed E-state index contributed by atoms with van der Waals surface area (Å²) >= 11 is 1.49. The van der Waals surface area contributed by atoms with Crippen molar-refractivity contribution < 1.29 is 42.6 Å². The monoisotopic (exact) mass is 422 g/mol. The van der Waals surface area contributed by atoms with Crippen LogP contribution in [0.25, 0.3) is 0 Å². The van der Waals surface area contributed by atoms with Gasteiger partial charge in [0.25, 0.3) is 0 Å². The molecule has 1 aliphatic rings. The van der Waals surface area contributed by atoms with Crippen molar-refractivity contribution in [3.05, 3.63) is 23.8 Å². The average molecular weight is 422 g/mol. The molecule has 8 nitrogen and oxygen atoms in total. The largest absolute Gasteiger partial charge is 0.490 e. The lowest BCUT2D eigenvalue weighted by Crippen LogP contribution is -2.47. The first-order chi connectivity index (χ1) is 12.9. The van der Waals surface area contributed by atoms with Gasteiger partial charge in [-0.25, -0.2) is 4.79 Å². The Morgan fingerprint density at radius 3 is 2.25 bits per heavy atom. The lowest BCUT2D eigenvalue weighted by molar-refractivity contribution is -0.192. The van der Waals surface area contributed by atoms with E-state index in [0.29, 0.717) is 24.5 Å². The Kier molecular flexibility index (Phi) is 8.00. The minimum atomic E-state index is -5.08. The number of alkyl halides is 3. The van der Waals surface area contributed by atoms with E-state index in [1.807, 2.05) is 6.07 Å². The molecule has 2 rings (SSSR count). The number of aliphatic carboxylic acids is 2. The third-order valence-electron chi connectivity index (χ3n) is 3.49. The van der Waals surface area contributed by atoms with E-state index in [2.05, 4.69) is 0 Å². The van der Waals surface area contributed by atoms with Crippen molar-refractivity contribution in [1.29, 1.82) is 0 Å². The SMILES string of the molecule is CCN1C(=O)C(C(=O)O)C(=O)c2cc(SCCN)ccc21.O=C(O)C(F)(F)F. The molecule has 1 unspecified atom stereocenters. The third-order valence-corrected chi connectivity index (χ3v) is 4.52. The summed E-state index contributed by atoms with van der Waals surface area (Å²) in [6.07, 6.45) is -5.08. The van der Waals surface area contributed by atoms with Gasteiger partial charge >= 0.3 is 18.1 Å². The zero-order chi connectivity index (χ0) is 21.6. The van der Waals surface area contributed by atoms with Gasteiger partial charge in [-0.2, -0.15) is 13.2 Å². The summed E-state index contributed by atoms with van der Waals surface area (Å²) in [6.45, 7) is 2.57. The molecule has 4 N–H and O–H groups in total. The number of amides is 1. The zero-order valence-corrected chi connectivity index (χ0v) is 15.3. The van der Waals surface area contributed by atoms with Crippen LogP contribution in [0.15, 0.2) is 23.1 Å². The molecule has 1 aromatic carbocycles.